The van der Waals surface area contributed by atoms with Crippen LogP contribution in [0.15, 0.2) is 12.1 Å². The Morgan fingerprint density at radius 3 is 2.50 bits per heavy atom. The molecule has 1 rings (SSSR count). The van der Waals surface area contributed by atoms with Crippen molar-refractivity contribution in [1.82, 2.24) is 0 Å². The molecule has 0 saturated carbocycles. The average molecular weight is 254 g/mol. The smallest absolute Gasteiger partial charge is 0.340 e. The number of phenolic OH excluding ortho intramolecular Hbond substituents is 1. The summed E-state index contributed by atoms with van der Waals surface area (Å²) >= 11 is 0. The number of hydrogen-bond acceptors (Lipinski definition) is 5. The molecule has 98 valence electrons. The molecule has 0 aliphatic heterocycles. The molecule has 1 aromatic rings. The number of carboxylic acids is 1. The Kier molecular flexibility index (Phi) is 4.53. The summed E-state index contributed by atoms with van der Waals surface area (Å²) in [5.74, 6) is -3.42. The summed E-state index contributed by atoms with van der Waals surface area (Å²) < 4.78 is 4.84. The Balaban J connectivity index is 3.06. The first kappa shape index (κ1) is 13.8. The minimum absolute atomic E-state index is 0.158. The average Bonchev–Trinajstić information content (AvgIpc) is 2.27. The molecule has 0 fully saturated rings. The zero-order valence-corrected chi connectivity index (χ0v) is 9.84. The second kappa shape index (κ2) is 5.90. The third kappa shape index (κ3) is 3.13. The van der Waals surface area contributed by atoms with Crippen molar-refractivity contribution >= 4 is 11.9 Å². The van der Waals surface area contributed by atoms with Crippen LogP contribution >= 0.6 is 0 Å². The van der Waals surface area contributed by atoms with E-state index in [-0.39, 0.29) is 12.2 Å². The van der Waals surface area contributed by atoms with Crippen molar-refractivity contribution in [2.75, 3.05) is 6.61 Å². The summed E-state index contributed by atoms with van der Waals surface area (Å²) in [6, 6.07) is 1.81. The van der Waals surface area contributed by atoms with E-state index in [2.05, 4.69) is 0 Å². The molecule has 6 nitrogen and oxygen atoms in total. The van der Waals surface area contributed by atoms with Crippen molar-refractivity contribution in [2.24, 2.45) is 0 Å². The van der Waals surface area contributed by atoms with Crippen molar-refractivity contribution in [3.8, 4) is 11.5 Å². The Hall–Kier alpha value is -2.24. The maximum absolute atomic E-state index is 11.6. The first-order valence-electron chi connectivity index (χ1n) is 5.43. The van der Waals surface area contributed by atoms with Crippen molar-refractivity contribution < 1.29 is 29.6 Å². The quantitative estimate of drug-likeness (QED) is 0.546. The van der Waals surface area contributed by atoms with Gasteiger partial charge in [-0.25, -0.2) is 9.59 Å². The number of ether oxygens (including phenoxy) is 1. The van der Waals surface area contributed by atoms with Crippen LogP contribution in [-0.4, -0.2) is 33.9 Å². The van der Waals surface area contributed by atoms with Crippen LogP contribution in [0.4, 0.5) is 0 Å². The van der Waals surface area contributed by atoms with Gasteiger partial charge in [-0.1, -0.05) is 13.3 Å². The van der Waals surface area contributed by atoms with E-state index in [0.29, 0.717) is 6.42 Å². The molecule has 18 heavy (non-hydrogen) atoms. The van der Waals surface area contributed by atoms with Crippen LogP contribution in [0.25, 0.3) is 0 Å². The lowest BCUT2D eigenvalue weighted by Gasteiger charge is -2.08. The van der Waals surface area contributed by atoms with Crippen molar-refractivity contribution in [3.63, 3.8) is 0 Å². The SMILES string of the molecule is CCCCOC(=O)c1cc(O)cc(O)c1C(=O)O. The fraction of sp³-hybridized carbons (Fsp3) is 0.333. The molecule has 6 heteroatoms. The van der Waals surface area contributed by atoms with Crippen LogP contribution in [0.2, 0.25) is 0 Å². The molecular weight excluding hydrogens is 240 g/mol. The van der Waals surface area contributed by atoms with E-state index in [1.54, 1.807) is 0 Å². The van der Waals surface area contributed by atoms with Gasteiger partial charge in [-0.15, -0.1) is 0 Å². The first-order chi connectivity index (χ1) is 8.47. The van der Waals surface area contributed by atoms with Crippen LogP contribution < -0.4 is 0 Å². The Morgan fingerprint density at radius 2 is 1.94 bits per heavy atom. The largest absolute Gasteiger partial charge is 0.508 e. The number of carboxylic acid groups (broad SMARTS) is 1. The summed E-state index contributed by atoms with van der Waals surface area (Å²) in [5, 5.41) is 27.6. The van der Waals surface area contributed by atoms with E-state index in [1.165, 1.54) is 0 Å². The lowest BCUT2D eigenvalue weighted by Crippen LogP contribution is -2.12. The molecule has 3 N–H and O–H groups in total. The summed E-state index contributed by atoms with van der Waals surface area (Å²) in [5.41, 5.74) is -0.939. The monoisotopic (exact) mass is 254 g/mol. The normalized spacial score (nSPS) is 10.1. The molecule has 0 aliphatic carbocycles. The second-order valence-electron chi connectivity index (χ2n) is 3.68. The van der Waals surface area contributed by atoms with Crippen molar-refractivity contribution in [2.45, 2.75) is 19.8 Å². The van der Waals surface area contributed by atoms with Gasteiger partial charge < -0.3 is 20.1 Å². The van der Waals surface area contributed by atoms with Crippen molar-refractivity contribution in [1.29, 1.82) is 0 Å². The molecular formula is C12H14O6. The molecule has 0 saturated heterocycles. The zero-order valence-electron chi connectivity index (χ0n) is 9.84. The van der Waals surface area contributed by atoms with Crippen LogP contribution in [0.3, 0.4) is 0 Å². The van der Waals surface area contributed by atoms with E-state index in [0.717, 1.165) is 18.6 Å². The van der Waals surface area contributed by atoms with Crippen LogP contribution in [0, 0.1) is 0 Å². The number of phenols is 2. The van der Waals surface area contributed by atoms with E-state index in [1.807, 2.05) is 6.92 Å². The molecule has 1 aromatic carbocycles. The van der Waals surface area contributed by atoms with Crippen LogP contribution in [0.5, 0.6) is 11.5 Å². The number of aromatic hydroxyl groups is 2. The summed E-state index contributed by atoms with van der Waals surface area (Å²) in [4.78, 5) is 22.6. The molecule has 0 aliphatic rings. The van der Waals surface area contributed by atoms with Gasteiger partial charge in [0.25, 0.3) is 0 Å². The highest BCUT2D eigenvalue weighted by molar-refractivity contribution is 6.04. The minimum Gasteiger partial charge on any atom is -0.508 e. The topological polar surface area (TPSA) is 104 Å². The number of esters is 1. The number of unbranched alkanes of at least 4 members (excludes halogenated alkanes) is 1. The Bertz CT molecular complexity index is 466. The maximum atomic E-state index is 11.6. The highest BCUT2D eigenvalue weighted by Crippen LogP contribution is 2.27. The van der Waals surface area contributed by atoms with Gasteiger partial charge in [-0.3, -0.25) is 0 Å². The van der Waals surface area contributed by atoms with Gasteiger partial charge in [0.15, 0.2) is 0 Å². The molecule has 0 unspecified atom stereocenters. The maximum Gasteiger partial charge on any atom is 0.340 e. The van der Waals surface area contributed by atoms with E-state index >= 15 is 0 Å². The highest BCUT2D eigenvalue weighted by atomic mass is 16.5. The standard InChI is InChI=1S/C12H14O6/c1-2-3-4-18-12(17)8-5-7(13)6-9(14)10(8)11(15)16/h5-6,13-14H,2-4H2,1H3,(H,15,16). The van der Waals surface area contributed by atoms with E-state index in [9.17, 15) is 19.8 Å². The number of aromatic carboxylic acids is 1. The molecule has 0 spiro atoms. The summed E-state index contributed by atoms with van der Waals surface area (Å²) in [7, 11) is 0. The van der Waals surface area contributed by atoms with Gasteiger partial charge in [0.1, 0.15) is 17.1 Å². The second-order valence-corrected chi connectivity index (χ2v) is 3.68. The lowest BCUT2D eigenvalue weighted by atomic mass is 10.1. The number of rotatable bonds is 5. The van der Waals surface area contributed by atoms with Gasteiger partial charge in [-0.05, 0) is 12.5 Å². The van der Waals surface area contributed by atoms with Gasteiger partial charge in [0.2, 0.25) is 0 Å². The van der Waals surface area contributed by atoms with Gasteiger partial charge in [0, 0.05) is 6.07 Å². The molecule has 0 heterocycles. The van der Waals surface area contributed by atoms with Gasteiger partial charge in [0.05, 0.1) is 12.2 Å². The Morgan fingerprint density at radius 1 is 1.28 bits per heavy atom. The van der Waals surface area contributed by atoms with Crippen LogP contribution in [-0.2, 0) is 4.74 Å². The summed E-state index contributed by atoms with van der Waals surface area (Å²) in [6.07, 6.45) is 1.48. The van der Waals surface area contributed by atoms with Crippen molar-refractivity contribution in [3.05, 3.63) is 23.3 Å². The summed E-state index contributed by atoms with van der Waals surface area (Å²) in [6.45, 7) is 2.07. The highest BCUT2D eigenvalue weighted by Gasteiger charge is 2.23. The number of carbonyl (C=O) groups is 2. The number of hydrogen-bond donors (Lipinski definition) is 3. The third-order valence-electron chi connectivity index (χ3n) is 2.27. The fourth-order valence-electron chi connectivity index (χ4n) is 1.38. The first-order valence-corrected chi connectivity index (χ1v) is 5.43. The van der Waals surface area contributed by atoms with Gasteiger partial charge in [-0.2, -0.15) is 0 Å². The van der Waals surface area contributed by atoms with Gasteiger partial charge >= 0.3 is 11.9 Å². The predicted molar refractivity (Wildman–Crippen MR) is 61.9 cm³/mol. The molecule has 0 bridgehead atoms. The number of benzene rings is 1. The fourth-order valence-corrected chi connectivity index (χ4v) is 1.38. The molecule has 0 amide bonds. The third-order valence-corrected chi connectivity index (χ3v) is 2.27. The lowest BCUT2D eigenvalue weighted by molar-refractivity contribution is 0.0487. The molecule has 0 atom stereocenters. The molecule has 0 aromatic heterocycles. The molecule has 0 radical (unpaired) electrons. The number of carbonyl (C=O) groups excluding carboxylic acids is 1. The Labute approximate surface area is 103 Å². The van der Waals surface area contributed by atoms with E-state index in [4.69, 9.17) is 9.84 Å². The predicted octanol–water partition coefficient (Wildman–Crippen LogP) is 1.75. The minimum atomic E-state index is -1.46. The zero-order chi connectivity index (χ0) is 13.7. The van der Waals surface area contributed by atoms with E-state index < -0.39 is 29.0 Å². The van der Waals surface area contributed by atoms with Crippen LogP contribution in [0.1, 0.15) is 40.5 Å².